The summed E-state index contributed by atoms with van der Waals surface area (Å²) >= 11 is 0. The van der Waals surface area contributed by atoms with Crippen LogP contribution in [0.5, 0.6) is 5.75 Å². The van der Waals surface area contributed by atoms with Crippen LogP contribution >= 0.6 is 0 Å². The summed E-state index contributed by atoms with van der Waals surface area (Å²) in [5, 5.41) is 0. The summed E-state index contributed by atoms with van der Waals surface area (Å²) in [6.45, 7) is 6.91. The normalized spacial score (nSPS) is 12.2. The fourth-order valence-electron chi connectivity index (χ4n) is 2.34. The van der Waals surface area contributed by atoms with Gasteiger partial charge in [0.1, 0.15) is 5.75 Å². The van der Waals surface area contributed by atoms with Crippen LogP contribution in [0.2, 0.25) is 0 Å². The third-order valence-corrected chi connectivity index (χ3v) is 3.72. The molecule has 2 aromatic rings. The zero-order chi connectivity index (χ0) is 15.4. The largest absolute Gasteiger partial charge is 0.497 e. The number of aryl methyl sites for hydroxylation is 2. The Morgan fingerprint density at radius 3 is 2.14 bits per heavy atom. The molecule has 2 N–H and O–H groups in total. The van der Waals surface area contributed by atoms with Gasteiger partial charge >= 0.3 is 0 Å². The number of benzene rings is 1. The van der Waals surface area contributed by atoms with Crippen LogP contribution in [0.3, 0.4) is 0 Å². The molecule has 2 rings (SSSR count). The second-order valence-corrected chi connectivity index (χ2v) is 5.47. The second kappa shape index (κ2) is 6.68. The molecular weight excluding hydrogens is 262 g/mol. The molecule has 1 unspecified atom stereocenters. The fraction of sp³-hybridized carbons (Fsp3) is 0.412. The summed E-state index contributed by atoms with van der Waals surface area (Å²) in [7, 11) is 1.66. The topological polar surface area (TPSA) is 61.0 Å². The molecular formula is C17H23N3O. The molecule has 4 nitrogen and oxygen atoms in total. The van der Waals surface area contributed by atoms with Crippen LogP contribution in [0.4, 0.5) is 0 Å². The van der Waals surface area contributed by atoms with Crippen molar-refractivity contribution in [3.05, 3.63) is 41.2 Å². The Balaban J connectivity index is 2.34. The predicted octanol–water partition coefficient (Wildman–Crippen LogP) is 2.91. The molecule has 0 saturated heterocycles. The molecule has 1 aromatic heterocycles. The van der Waals surface area contributed by atoms with E-state index in [1.165, 1.54) is 5.56 Å². The van der Waals surface area contributed by atoms with E-state index < -0.39 is 0 Å². The lowest BCUT2D eigenvalue weighted by Gasteiger charge is -2.14. The monoisotopic (exact) mass is 285 g/mol. The number of ether oxygens (including phenoxy) is 1. The molecule has 0 saturated carbocycles. The summed E-state index contributed by atoms with van der Waals surface area (Å²) in [6, 6.07) is 7.81. The Hall–Kier alpha value is -1.94. The lowest BCUT2D eigenvalue weighted by atomic mass is 9.99. The van der Waals surface area contributed by atoms with Crippen LogP contribution in [0, 0.1) is 19.8 Å². The Labute approximate surface area is 126 Å². The third-order valence-electron chi connectivity index (χ3n) is 3.72. The number of hydrogen-bond donors (Lipinski definition) is 1. The SMILES string of the molecule is COc1ccc(-c2nc(C)c(CC(C)CN)c(C)n2)cc1. The van der Waals surface area contributed by atoms with Crippen molar-refractivity contribution >= 4 is 0 Å². The van der Waals surface area contributed by atoms with Gasteiger partial charge in [0.05, 0.1) is 7.11 Å². The van der Waals surface area contributed by atoms with Gasteiger partial charge in [0.25, 0.3) is 0 Å². The van der Waals surface area contributed by atoms with Crippen LogP contribution in [-0.2, 0) is 6.42 Å². The number of nitrogens with zero attached hydrogens (tertiary/aromatic N) is 2. The van der Waals surface area contributed by atoms with E-state index in [9.17, 15) is 0 Å². The van der Waals surface area contributed by atoms with Gasteiger partial charge in [-0.1, -0.05) is 6.92 Å². The van der Waals surface area contributed by atoms with E-state index in [0.717, 1.165) is 34.9 Å². The minimum Gasteiger partial charge on any atom is -0.497 e. The minimum absolute atomic E-state index is 0.442. The first kappa shape index (κ1) is 15.4. The Kier molecular flexibility index (Phi) is 4.91. The van der Waals surface area contributed by atoms with Crippen molar-refractivity contribution in [1.29, 1.82) is 0 Å². The van der Waals surface area contributed by atoms with Crippen LogP contribution < -0.4 is 10.5 Å². The average molecular weight is 285 g/mol. The van der Waals surface area contributed by atoms with Crippen LogP contribution in [0.1, 0.15) is 23.9 Å². The van der Waals surface area contributed by atoms with Crippen molar-refractivity contribution in [3.63, 3.8) is 0 Å². The van der Waals surface area contributed by atoms with Gasteiger partial charge in [0.2, 0.25) is 0 Å². The molecule has 0 radical (unpaired) electrons. The second-order valence-electron chi connectivity index (χ2n) is 5.47. The Bertz CT molecular complexity index is 585. The van der Waals surface area contributed by atoms with Crippen molar-refractivity contribution < 1.29 is 4.74 Å². The Morgan fingerprint density at radius 1 is 1.10 bits per heavy atom. The molecule has 4 heteroatoms. The fourth-order valence-corrected chi connectivity index (χ4v) is 2.34. The number of rotatable bonds is 5. The molecule has 0 aliphatic rings. The molecule has 0 bridgehead atoms. The molecule has 0 aliphatic heterocycles. The highest BCUT2D eigenvalue weighted by Gasteiger charge is 2.12. The average Bonchev–Trinajstić information content (AvgIpc) is 2.50. The molecule has 21 heavy (non-hydrogen) atoms. The van der Waals surface area contributed by atoms with Gasteiger partial charge in [0, 0.05) is 17.0 Å². The van der Waals surface area contributed by atoms with Crippen molar-refractivity contribution in [2.24, 2.45) is 11.7 Å². The molecule has 0 spiro atoms. The molecule has 1 atom stereocenters. The quantitative estimate of drug-likeness (QED) is 0.917. The van der Waals surface area contributed by atoms with E-state index in [2.05, 4.69) is 16.9 Å². The van der Waals surface area contributed by atoms with E-state index in [4.69, 9.17) is 10.5 Å². The Morgan fingerprint density at radius 2 is 1.67 bits per heavy atom. The number of methoxy groups -OCH3 is 1. The minimum atomic E-state index is 0.442. The van der Waals surface area contributed by atoms with Gasteiger partial charge in [-0.3, -0.25) is 0 Å². The third kappa shape index (κ3) is 3.58. The first-order valence-electron chi connectivity index (χ1n) is 7.23. The van der Waals surface area contributed by atoms with Crippen molar-refractivity contribution in [1.82, 2.24) is 9.97 Å². The van der Waals surface area contributed by atoms with Gasteiger partial charge in [-0.15, -0.1) is 0 Å². The smallest absolute Gasteiger partial charge is 0.159 e. The summed E-state index contributed by atoms with van der Waals surface area (Å²) in [5.41, 5.74) is 10.0. The molecule has 1 aromatic carbocycles. The maximum atomic E-state index is 5.72. The molecule has 0 aliphatic carbocycles. The maximum Gasteiger partial charge on any atom is 0.159 e. The lowest BCUT2D eigenvalue weighted by Crippen LogP contribution is -2.15. The summed E-state index contributed by atoms with van der Waals surface area (Å²) in [6.07, 6.45) is 0.928. The first-order valence-corrected chi connectivity index (χ1v) is 7.23. The molecule has 0 amide bonds. The van der Waals surface area contributed by atoms with E-state index in [0.29, 0.717) is 12.5 Å². The van der Waals surface area contributed by atoms with Crippen molar-refractivity contribution in [2.45, 2.75) is 27.2 Å². The van der Waals surface area contributed by atoms with Gasteiger partial charge in [0.15, 0.2) is 5.82 Å². The van der Waals surface area contributed by atoms with E-state index >= 15 is 0 Å². The molecule has 112 valence electrons. The molecule has 0 fully saturated rings. The van der Waals surface area contributed by atoms with Gasteiger partial charge < -0.3 is 10.5 Å². The number of hydrogen-bond acceptors (Lipinski definition) is 4. The zero-order valence-electron chi connectivity index (χ0n) is 13.2. The summed E-state index contributed by atoms with van der Waals surface area (Å²) < 4.78 is 5.18. The standard InChI is InChI=1S/C17H23N3O/c1-11(10-18)9-16-12(2)19-17(20-13(16)3)14-5-7-15(21-4)8-6-14/h5-8,11H,9-10,18H2,1-4H3. The predicted molar refractivity (Wildman–Crippen MR) is 85.4 cm³/mol. The highest BCUT2D eigenvalue weighted by molar-refractivity contribution is 5.57. The highest BCUT2D eigenvalue weighted by Crippen LogP contribution is 2.22. The van der Waals surface area contributed by atoms with Gasteiger partial charge in [-0.25, -0.2) is 9.97 Å². The van der Waals surface area contributed by atoms with Crippen LogP contribution in [0.15, 0.2) is 24.3 Å². The zero-order valence-corrected chi connectivity index (χ0v) is 13.2. The van der Waals surface area contributed by atoms with Crippen LogP contribution in [0.25, 0.3) is 11.4 Å². The van der Waals surface area contributed by atoms with Gasteiger partial charge in [-0.2, -0.15) is 0 Å². The van der Waals surface area contributed by atoms with Crippen LogP contribution in [-0.4, -0.2) is 23.6 Å². The van der Waals surface area contributed by atoms with Crippen molar-refractivity contribution in [3.8, 4) is 17.1 Å². The summed E-state index contributed by atoms with van der Waals surface area (Å²) in [4.78, 5) is 9.31. The lowest BCUT2D eigenvalue weighted by molar-refractivity contribution is 0.415. The maximum absolute atomic E-state index is 5.72. The van der Waals surface area contributed by atoms with Gasteiger partial charge in [-0.05, 0) is 62.6 Å². The number of aromatic nitrogens is 2. The molecule has 1 heterocycles. The number of nitrogens with two attached hydrogens (primary N) is 1. The van der Waals surface area contributed by atoms with E-state index in [1.54, 1.807) is 7.11 Å². The highest BCUT2D eigenvalue weighted by atomic mass is 16.5. The van der Waals surface area contributed by atoms with E-state index in [1.807, 2.05) is 38.1 Å². The summed E-state index contributed by atoms with van der Waals surface area (Å²) in [5.74, 6) is 2.04. The first-order chi connectivity index (χ1) is 10.0. The van der Waals surface area contributed by atoms with Crippen molar-refractivity contribution in [2.75, 3.05) is 13.7 Å². The van der Waals surface area contributed by atoms with E-state index in [-0.39, 0.29) is 0 Å².